The molecule has 1 aliphatic rings. The average molecular weight is 142 g/mol. The molecule has 0 aliphatic carbocycles. The number of amides is 1. The summed E-state index contributed by atoms with van der Waals surface area (Å²) in [7, 11) is 0. The molecule has 1 atom stereocenters. The quantitative estimate of drug-likeness (QED) is 0.475. The second kappa shape index (κ2) is 2.79. The Labute approximate surface area is 58.8 Å². The van der Waals surface area contributed by atoms with Crippen LogP contribution in [0.1, 0.15) is 6.42 Å². The summed E-state index contributed by atoms with van der Waals surface area (Å²) in [6.07, 6.45) is 0.308. The molecule has 10 heavy (non-hydrogen) atoms. The number of ketones is 1. The van der Waals surface area contributed by atoms with Gasteiger partial charge in [-0.25, -0.2) is 0 Å². The second-order valence-electron chi connectivity index (χ2n) is 2.47. The van der Waals surface area contributed by atoms with Crippen molar-refractivity contribution in [1.82, 2.24) is 5.32 Å². The van der Waals surface area contributed by atoms with Gasteiger partial charge in [-0.3, -0.25) is 9.59 Å². The molecule has 0 aromatic carbocycles. The van der Waals surface area contributed by atoms with E-state index >= 15 is 0 Å². The van der Waals surface area contributed by atoms with E-state index in [1.54, 1.807) is 0 Å². The molecule has 1 heterocycles. The zero-order valence-corrected chi connectivity index (χ0v) is 5.59. The largest absolute Gasteiger partial charge is 0.369 e. The Morgan fingerprint density at radius 2 is 2.40 bits per heavy atom. The molecule has 0 aromatic heterocycles. The number of nitrogens with one attached hydrogen (secondary N) is 1. The van der Waals surface area contributed by atoms with Gasteiger partial charge in [0, 0.05) is 13.0 Å². The van der Waals surface area contributed by atoms with Crippen molar-refractivity contribution in [1.29, 1.82) is 0 Å². The van der Waals surface area contributed by atoms with Crippen molar-refractivity contribution in [2.24, 2.45) is 11.7 Å². The summed E-state index contributed by atoms with van der Waals surface area (Å²) in [6.45, 7) is 0.921. The predicted octanol–water partition coefficient (Wildman–Crippen LogP) is -1.35. The lowest BCUT2D eigenvalue weighted by atomic mass is 9.98. The molecule has 1 aliphatic heterocycles. The van der Waals surface area contributed by atoms with E-state index in [4.69, 9.17) is 5.73 Å². The Kier molecular flexibility index (Phi) is 2.01. The smallest absolute Gasteiger partial charge is 0.222 e. The van der Waals surface area contributed by atoms with Gasteiger partial charge in [-0.1, -0.05) is 0 Å². The second-order valence-corrected chi connectivity index (χ2v) is 2.47. The monoisotopic (exact) mass is 142 g/mol. The zero-order chi connectivity index (χ0) is 7.56. The van der Waals surface area contributed by atoms with Gasteiger partial charge in [0.1, 0.15) is 5.78 Å². The first kappa shape index (κ1) is 7.21. The van der Waals surface area contributed by atoms with Gasteiger partial charge in [0.15, 0.2) is 0 Å². The third-order valence-electron chi connectivity index (χ3n) is 1.59. The lowest BCUT2D eigenvalue weighted by molar-refractivity contribution is -0.128. The Morgan fingerprint density at radius 3 is 2.80 bits per heavy atom. The summed E-state index contributed by atoms with van der Waals surface area (Å²) in [6, 6.07) is 0. The van der Waals surface area contributed by atoms with Crippen LogP contribution in [0.3, 0.4) is 0 Å². The summed E-state index contributed by atoms with van der Waals surface area (Å²) in [5.41, 5.74) is 5.00. The molecular formula is C6H10N2O2. The van der Waals surface area contributed by atoms with Gasteiger partial charge in [0.2, 0.25) is 5.91 Å². The minimum absolute atomic E-state index is 0.0649. The van der Waals surface area contributed by atoms with Gasteiger partial charge in [-0.2, -0.15) is 0 Å². The fraction of sp³-hybridized carbons (Fsp3) is 0.667. The van der Waals surface area contributed by atoms with Gasteiger partial charge in [-0.15, -0.1) is 0 Å². The maximum absolute atomic E-state index is 10.7. The van der Waals surface area contributed by atoms with E-state index in [-0.39, 0.29) is 17.6 Å². The number of carbonyl (C=O) groups excluding carboxylic acids is 2. The number of hydrogen-bond donors (Lipinski definition) is 2. The van der Waals surface area contributed by atoms with Crippen molar-refractivity contribution in [2.45, 2.75) is 6.42 Å². The minimum atomic E-state index is -0.388. The lowest BCUT2D eigenvalue weighted by Gasteiger charge is -2.18. The van der Waals surface area contributed by atoms with Gasteiger partial charge in [0.05, 0.1) is 12.5 Å². The Bertz CT molecular complexity index is 165. The number of primary amides is 1. The molecular weight excluding hydrogens is 132 g/mol. The summed E-state index contributed by atoms with van der Waals surface area (Å²) in [5, 5.41) is 2.82. The van der Waals surface area contributed by atoms with Crippen LogP contribution >= 0.6 is 0 Å². The lowest BCUT2D eigenvalue weighted by Crippen LogP contribution is -2.42. The molecule has 56 valence electrons. The van der Waals surface area contributed by atoms with Gasteiger partial charge >= 0.3 is 0 Å². The standard InChI is InChI=1S/C6H10N2O2/c7-6(10)4-1-5(9)3-8-2-4/h4,8H,1-3H2,(H2,7,10). The summed E-state index contributed by atoms with van der Waals surface area (Å²) < 4.78 is 0. The Morgan fingerprint density at radius 1 is 1.70 bits per heavy atom. The van der Waals surface area contributed by atoms with Crippen molar-refractivity contribution in [3.8, 4) is 0 Å². The highest BCUT2D eigenvalue weighted by Gasteiger charge is 2.22. The predicted molar refractivity (Wildman–Crippen MR) is 35.2 cm³/mol. The third-order valence-corrected chi connectivity index (χ3v) is 1.59. The van der Waals surface area contributed by atoms with E-state index in [0.717, 1.165) is 0 Å². The number of Topliss-reactive ketones (excluding diaryl/α,β-unsaturated/α-hetero) is 1. The zero-order valence-electron chi connectivity index (χ0n) is 5.59. The number of nitrogens with two attached hydrogens (primary N) is 1. The fourth-order valence-electron chi connectivity index (χ4n) is 1.01. The molecule has 3 N–H and O–H groups in total. The highest BCUT2D eigenvalue weighted by atomic mass is 16.1. The van der Waals surface area contributed by atoms with Crippen molar-refractivity contribution in [3.63, 3.8) is 0 Å². The molecule has 1 fully saturated rings. The van der Waals surface area contributed by atoms with E-state index in [9.17, 15) is 9.59 Å². The van der Waals surface area contributed by atoms with Crippen LogP contribution < -0.4 is 11.1 Å². The normalized spacial score (nSPS) is 26.4. The summed E-state index contributed by atoms with van der Waals surface area (Å²) in [4.78, 5) is 21.2. The first-order valence-corrected chi connectivity index (χ1v) is 3.22. The van der Waals surface area contributed by atoms with Crippen LogP contribution in [0.25, 0.3) is 0 Å². The van der Waals surface area contributed by atoms with Crippen molar-refractivity contribution >= 4 is 11.7 Å². The van der Waals surface area contributed by atoms with Crippen LogP contribution in [0.15, 0.2) is 0 Å². The molecule has 4 nitrogen and oxygen atoms in total. The van der Waals surface area contributed by atoms with E-state index in [1.165, 1.54) is 0 Å². The topological polar surface area (TPSA) is 72.2 Å². The Hall–Kier alpha value is -0.900. The van der Waals surface area contributed by atoms with Crippen LogP contribution in [-0.4, -0.2) is 24.8 Å². The van der Waals surface area contributed by atoms with Crippen molar-refractivity contribution < 1.29 is 9.59 Å². The molecule has 1 amide bonds. The molecule has 0 radical (unpaired) electrons. The van der Waals surface area contributed by atoms with E-state index in [0.29, 0.717) is 19.5 Å². The van der Waals surface area contributed by atoms with Gasteiger partial charge in [0.25, 0.3) is 0 Å². The first-order valence-electron chi connectivity index (χ1n) is 3.22. The highest BCUT2D eigenvalue weighted by molar-refractivity contribution is 5.88. The molecule has 0 aromatic rings. The maximum atomic E-state index is 10.7. The fourth-order valence-corrected chi connectivity index (χ4v) is 1.01. The van der Waals surface area contributed by atoms with E-state index in [1.807, 2.05) is 0 Å². The minimum Gasteiger partial charge on any atom is -0.369 e. The maximum Gasteiger partial charge on any atom is 0.222 e. The third kappa shape index (κ3) is 1.54. The number of piperidine rings is 1. The first-order chi connectivity index (χ1) is 4.70. The summed E-state index contributed by atoms with van der Waals surface area (Å²) >= 11 is 0. The van der Waals surface area contributed by atoms with E-state index < -0.39 is 0 Å². The van der Waals surface area contributed by atoms with Crippen molar-refractivity contribution in [3.05, 3.63) is 0 Å². The molecule has 1 unspecified atom stereocenters. The molecule has 0 spiro atoms. The van der Waals surface area contributed by atoms with Gasteiger partial charge in [-0.05, 0) is 0 Å². The average Bonchev–Trinajstić information content (AvgIpc) is 1.88. The summed E-state index contributed by atoms with van der Waals surface area (Å²) in [5.74, 6) is -0.614. The van der Waals surface area contributed by atoms with Crippen LogP contribution in [-0.2, 0) is 9.59 Å². The molecule has 0 saturated carbocycles. The molecule has 1 rings (SSSR count). The molecule has 0 bridgehead atoms. The Balaban J connectivity index is 2.47. The number of carbonyl (C=O) groups is 2. The van der Waals surface area contributed by atoms with Crippen LogP contribution in [0.5, 0.6) is 0 Å². The van der Waals surface area contributed by atoms with Crippen LogP contribution in [0.4, 0.5) is 0 Å². The molecule has 4 heteroatoms. The number of rotatable bonds is 1. The highest BCUT2D eigenvalue weighted by Crippen LogP contribution is 2.05. The molecule has 1 saturated heterocycles. The number of hydrogen-bond acceptors (Lipinski definition) is 3. The van der Waals surface area contributed by atoms with Crippen LogP contribution in [0, 0.1) is 5.92 Å². The van der Waals surface area contributed by atoms with Crippen molar-refractivity contribution in [2.75, 3.05) is 13.1 Å². The van der Waals surface area contributed by atoms with Gasteiger partial charge < -0.3 is 11.1 Å². The van der Waals surface area contributed by atoms with Crippen LogP contribution in [0.2, 0.25) is 0 Å². The van der Waals surface area contributed by atoms with E-state index in [2.05, 4.69) is 5.32 Å². The SMILES string of the molecule is NC(=O)C1CNCC(=O)C1.